The second-order valence-corrected chi connectivity index (χ2v) is 8.21. The Morgan fingerprint density at radius 3 is 2.25 bits per heavy atom. The van der Waals surface area contributed by atoms with Crippen molar-refractivity contribution in [2.75, 3.05) is 11.7 Å². The number of fused-ring (bicyclic) bond motifs is 1. The van der Waals surface area contributed by atoms with Crippen molar-refractivity contribution < 1.29 is 44.3 Å². The van der Waals surface area contributed by atoms with Gasteiger partial charge in [0.15, 0.2) is 0 Å². The average Bonchev–Trinajstić information content (AvgIpc) is 2.57. The largest absolute Gasteiger partial charge is 0.482 e. The molecule has 28 heavy (non-hydrogen) atoms. The molecule has 0 N–H and O–H groups in total. The van der Waals surface area contributed by atoms with E-state index in [1.807, 2.05) is 6.07 Å². The number of alkyl halides is 9. The molecule has 0 amide bonds. The van der Waals surface area contributed by atoms with Crippen molar-refractivity contribution in [1.82, 2.24) is 0 Å². The molecule has 0 saturated heterocycles. The van der Waals surface area contributed by atoms with Crippen molar-refractivity contribution in [3.05, 3.63) is 28.8 Å². The van der Waals surface area contributed by atoms with Crippen molar-refractivity contribution in [2.24, 2.45) is 0 Å². The Morgan fingerprint density at radius 1 is 1.00 bits per heavy atom. The third-order valence-corrected chi connectivity index (χ3v) is 5.77. The Balaban J connectivity index is 2.02. The van der Waals surface area contributed by atoms with E-state index in [4.69, 9.17) is 4.74 Å². The number of thioether (sulfide) groups is 2. The van der Waals surface area contributed by atoms with E-state index in [1.54, 1.807) is 13.0 Å². The quantitative estimate of drug-likeness (QED) is 0.334. The predicted molar refractivity (Wildman–Crippen MR) is 89.6 cm³/mol. The molecule has 1 aliphatic rings. The van der Waals surface area contributed by atoms with E-state index in [-0.39, 0.29) is 5.75 Å². The van der Waals surface area contributed by atoms with E-state index < -0.39 is 36.1 Å². The molecule has 0 unspecified atom stereocenters. The van der Waals surface area contributed by atoms with E-state index >= 15 is 0 Å². The molecule has 1 heterocycles. The number of rotatable bonds is 7. The van der Waals surface area contributed by atoms with Gasteiger partial charge in [0.25, 0.3) is 0 Å². The molecule has 1 nitrogen and oxygen atoms in total. The summed E-state index contributed by atoms with van der Waals surface area (Å²) in [7, 11) is 0. The minimum Gasteiger partial charge on any atom is -0.482 e. The van der Waals surface area contributed by atoms with Crippen LogP contribution in [0.25, 0.3) is 0 Å². The maximum absolute atomic E-state index is 13.5. The van der Waals surface area contributed by atoms with Gasteiger partial charge in [-0.2, -0.15) is 51.3 Å². The lowest BCUT2D eigenvalue weighted by atomic mass is 10.0. The number of hydrogen-bond donors (Lipinski definition) is 0. The highest BCUT2D eigenvalue weighted by Gasteiger charge is 2.81. The van der Waals surface area contributed by atoms with Gasteiger partial charge >= 0.3 is 23.9 Å². The molecule has 0 bridgehead atoms. The molecule has 0 atom stereocenters. The van der Waals surface area contributed by atoms with Crippen LogP contribution in [0.4, 0.5) is 39.5 Å². The van der Waals surface area contributed by atoms with Gasteiger partial charge in [0.1, 0.15) is 11.7 Å². The first-order valence-corrected chi connectivity index (χ1v) is 10.1. The van der Waals surface area contributed by atoms with E-state index in [1.165, 1.54) is 11.8 Å². The Hall–Kier alpha value is -0.910. The molecule has 0 fully saturated rings. The van der Waals surface area contributed by atoms with Crippen LogP contribution in [0.5, 0.6) is 5.75 Å². The Kier molecular flexibility index (Phi) is 6.74. The molecule has 1 aromatic carbocycles. The fourth-order valence-electron chi connectivity index (χ4n) is 2.53. The van der Waals surface area contributed by atoms with Crippen LogP contribution in [0.3, 0.4) is 0 Å². The van der Waals surface area contributed by atoms with Crippen molar-refractivity contribution in [3.63, 3.8) is 0 Å². The monoisotopic (exact) mass is 458 g/mol. The summed E-state index contributed by atoms with van der Waals surface area (Å²) < 4.78 is 121. The van der Waals surface area contributed by atoms with Gasteiger partial charge in [-0.05, 0) is 12.7 Å². The Labute approximate surface area is 163 Å². The topological polar surface area (TPSA) is 9.23 Å². The van der Waals surface area contributed by atoms with Gasteiger partial charge in [-0.1, -0.05) is 17.7 Å². The van der Waals surface area contributed by atoms with Gasteiger partial charge in [-0.3, -0.25) is 0 Å². The minimum absolute atomic E-state index is 0.0615. The normalized spacial score (nSPS) is 15.9. The number of ether oxygens (including phenoxy) is 1. The highest BCUT2D eigenvalue weighted by molar-refractivity contribution is 7.98. The van der Waals surface area contributed by atoms with Gasteiger partial charge in [-0.15, -0.1) is 11.8 Å². The zero-order valence-electron chi connectivity index (χ0n) is 14.3. The van der Waals surface area contributed by atoms with Crippen LogP contribution >= 0.6 is 23.5 Å². The van der Waals surface area contributed by atoms with E-state index in [0.29, 0.717) is 23.0 Å². The Morgan fingerprint density at radius 2 is 1.64 bits per heavy atom. The summed E-state index contributed by atoms with van der Waals surface area (Å²) in [4.78, 5) is 0. The molecule has 0 saturated carbocycles. The van der Waals surface area contributed by atoms with Crippen LogP contribution in [0.15, 0.2) is 12.1 Å². The molecule has 12 heteroatoms. The van der Waals surface area contributed by atoms with Crippen LogP contribution in [0.1, 0.15) is 23.1 Å². The fourth-order valence-corrected chi connectivity index (χ4v) is 4.23. The smallest absolute Gasteiger partial charge is 0.460 e. The van der Waals surface area contributed by atoms with Crippen LogP contribution in [-0.2, 0) is 11.5 Å². The number of aryl methyl sites for hydroxylation is 1. The zero-order chi connectivity index (χ0) is 21.4. The van der Waals surface area contributed by atoms with Crippen molar-refractivity contribution >= 4 is 23.5 Å². The van der Waals surface area contributed by atoms with Gasteiger partial charge in [0, 0.05) is 29.1 Å². The summed E-state index contributed by atoms with van der Waals surface area (Å²) in [6, 6.07) is 3.59. The summed E-state index contributed by atoms with van der Waals surface area (Å²) in [5, 5.41) is 0. The number of hydrogen-bond acceptors (Lipinski definition) is 3. The van der Waals surface area contributed by atoms with E-state index in [9.17, 15) is 39.5 Å². The van der Waals surface area contributed by atoms with E-state index in [2.05, 4.69) is 0 Å². The molecule has 0 aromatic heterocycles. The lowest BCUT2D eigenvalue weighted by Gasteiger charge is -2.33. The highest BCUT2D eigenvalue weighted by atomic mass is 32.2. The maximum Gasteiger partial charge on any atom is 0.460 e. The standard InChI is InChI=1S/C16H15F9OS2/c1-9-4-10(12-11(5-9)7-28-8-26-12)6-27-3-2-13(17,18)14(19,20)15(21,22)16(23,24)25/h4-5H,2-3,6-8H2,1H3. The minimum atomic E-state index is -6.84. The van der Waals surface area contributed by atoms with Crippen LogP contribution in [-0.4, -0.2) is 35.6 Å². The molecule has 1 aromatic rings. The molecule has 0 aliphatic carbocycles. The third-order valence-electron chi connectivity index (χ3n) is 3.96. The SMILES string of the molecule is Cc1cc(CSCCC(F)(F)C(F)(F)C(F)(F)C(F)(F)F)c2c(c1)CSCO2. The second kappa shape index (κ2) is 8.08. The van der Waals surface area contributed by atoms with Gasteiger partial charge in [0.2, 0.25) is 0 Å². The molecule has 1 aliphatic heterocycles. The molecule has 160 valence electrons. The molecule has 0 radical (unpaired) electrons. The summed E-state index contributed by atoms with van der Waals surface area (Å²) >= 11 is 2.24. The number of benzene rings is 1. The first-order chi connectivity index (χ1) is 12.7. The van der Waals surface area contributed by atoms with Crippen LogP contribution in [0, 0.1) is 6.92 Å². The lowest BCUT2D eigenvalue weighted by Crippen LogP contribution is -2.60. The summed E-state index contributed by atoms with van der Waals surface area (Å²) in [5.41, 5.74) is 2.37. The predicted octanol–water partition coefficient (Wildman–Crippen LogP) is 6.67. The second-order valence-electron chi connectivity index (χ2n) is 6.18. The summed E-state index contributed by atoms with van der Waals surface area (Å²) in [5.74, 6) is -18.0. The average molecular weight is 458 g/mol. The van der Waals surface area contributed by atoms with Gasteiger partial charge in [-0.25, -0.2) is 0 Å². The summed E-state index contributed by atoms with van der Waals surface area (Å²) in [6.07, 6.45) is -8.62. The zero-order valence-corrected chi connectivity index (χ0v) is 15.9. The van der Waals surface area contributed by atoms with Crippen molar-refractivity contribution in [3.8, 4) is 5.75 Å². The first kappa shape index (κ1) is 23.4. The highest BCUT2D eigenvalue weighted by Crippen LogP contribution is 2.54. The molecular weight excluding hydrogens is 443 g/mol. The van der Waals surface area contributed by atoms with Gasteiger partial charge in [0.05, 0.1) is 0 Å². The summed E-state index contributed by atoms with van der Waals surface area (Å²) in [6.45, 7) is 1.79. The Bertz CT molecular complexity index is 704. The fraction of sp³-hybridized carbons (Fsp3) is 0.625. The van der Waals surface area contributed by atoms with Crippen LogP contribution in [0.2, 0.25) is 0 Å². The van der Waals surface area contributed by atoms with Crippen molar-refractivity contribution in [2.45, 2.75) is 48.8 Å². The molecule has 0 spiro atoms. The van der Waals surface area contributed by atoms with Crippen LogP contribution < -0.4 is 4.74 Å². The first-order valence-electron chi connectivity index (χ1n) is 7.81. The third kappa shape index (κ3) is 4.47. The maximum atomic E-state index is 13.5. The lowest BCUT2D eigenvalue weighted by molar-refractivity contribution is -0.396. The van der Waals surface area contributed by atoms with Gasteiger partial charge < -0.3 is 4.74 Å². The molecular formula is C16H15F9OS2. The molecule has 2 rings (SSSR count). The number of halogens is 9. The van der Waals surface area contributed by atoms with E-state index in [0.717, 1.165) is 22.9 Å². The van der Waals surface area contributed by atoms with Crippen molar-refractivity contribution in [1.29, 1.82) is 0 Å².